The van der Waals surface area contributed by atoms with Gasteiger partial charge in [-0.15, -0.1) is 0 Å². The first kappa shape index (κ1) is 10.1. The van der Waals surface area contributed by atoms with Gasteiger partial charge in [-0.2, -0.15) is 0 Å². The Labute approximate surface area is 83.2 Å². The third-order valence-electron chi connectivity index (χ3n) is 1.47. The Hall–Kier alpha value is -1.02. The number of nitrogens with zero attached hydrogens (tertiary/aromatic N) is 1. The maximum atomic E-state index is 5.86. The standard InChI is InChI=1S/C10H12ClNO/c1-3-13-12-7-9-4-8(2)5-10(11)6-9/h4-7H,3H2,1-2H3/b12-7+. The van der Waals surface area contributed by atoms with Crippen molar-refractivity contribution in [1.82, 2.24) is 0 Å². The van der Waals surface area contributed by atoms with Gasteiger partial charge in [0, 0.05) is 5.02 Å². The molecule has 3 heteroatoms. The molecule has 1 rings (SSSR count). The van der Waals surface area contributed by atoms with E-state index in [1.807, 2.05) is 32.0 Å². The summed E-state index contributed by atoms with van der Waals surface area (Å²) in [6.45, 7) is 4.46. The molecule has 1 aromatic rings. The zero-order valence-corrected chi connectivity index (χ0v) is 8.51. The second-order valence-corrected chi connectivity index (χ2v) is 3.15. The zero-order valence-electron chi connectivity index (χ0n) is 7.75. The molecule has 13 heavy (non-hydrogen) atoms. The summed E-state index contributed by atoms with van der Waals surface area (Å²) in [7, 11) is 0. The fraction of sp³-hybridized carbons (Fsp3) is 0.300. The topological polar surface area (TPSA) is 21.6 Å². The molecular formula is C10H12ClNO. The van der Waals surface area contributed by atoms with Crippen LogP contribution in [0.1, 0.15) is 18.1 Å². The van der Waals surface area contributed by atoms with Gasteiger partial charge in [-0.1, -0.05) is 22.8 Å². The minimum absolute atomic E-state index is 0.579. The lowest BCUT2D eigenvalue weighted by molar-refractivity contribution is 0.160. The highest BCUT2D eigenvalue weighted by molar-refractivity contribution is 6.30. The van der Waals surface area contributed by atoms with Crippen LogP contribution in [0.25, 0.3) is 0 Å². The molecule has 0 unspecified atom stereocenters. The summed E-state index contributed by atoms with van der Waals surface area (Å²) in [5, 5.41) is 4.48. The first-order valence-electron chi connectivity index (χ1n) is 4.15. The molecule has 0 heterocycles. The molecule has 0 aliphatic carbocycles. The van der Waals surface area contributed by atoms with Crippen LogP contribution < -0.4 is 0 Å². The first-order chi connectivity index (χ1) is 6.22. The predicted molar refractivity (Wildman–Crippen MR) is 55.4 cm³/mol. The number of aryl methyl sites for hydroxylation is 1. The van der Waals surface area contributed by atoms with Crippen LogP contribution >= 0.6 is 11.6 Å². The van der Waals surface area contributed by atoms with E-state index in [4.69, 9.17) is 16.4 Å². The zero-order chi connectivity index (χ0) is 9.68. The fourth-order valence-electron chi connectivity index (χ4n) is 1.01. The van der Waals surface area contributed by atoms with Gasteiger partial charge >= 0.3 is 0 Å². The van der Waals surface area contributed by atoms with E-state index >= 15 is 0 Å². The predicted octanol–water partition coefficient (Wildman–Crippen LogP) is 3.02. The highest BCUT2D eigenvalue weighted by Crippen LogP contribution is 2.12. The van der Waals surface area contributed by atoms with E-state index in [1.54, 1.807) is 6.21 Å². The molecule has 0 aromatic heterocycles. The Morgan fingerprint density at radius 1 is 1.46 bits per heavy atom. The van der Waals surface area contributed by atoms with Crippen molar-refractivity contribution in [2.45, 2.75) is 13.8 Å². The van der Waals surface area contributed by atoms with E-state index in [0.717, 1.165) is 16.1 Å². The minimum Gasteiger partial charge on any atom is -0.396 e. The number of hydrogen-bond donors (Lipinski definition) is 0. The summed E-state index contributed by atoms with van der Waals surface area (Å²) in [6.07, 6.45) is 1.66. The van der Waals surface area contributed by atoms with Crippen LogP contribution in [-0.4, -0.2) is 12.8 Å². The normalized spacial score (nSPS) is 10.7. The van der Waals surface area contributed by atoms with E-state index < -0.39 is 0 Å². The second-order valence-electron chi connectivity index (χ2n) is 2.71. The number of oxime groups is 1. The van der Waals surface area contributed by atoms with E-state index in [9.17, 15) is 0 Å². The van der Waals surface area contributed by atoms with Crippen LogP contribution in [0.15, 0.2) is 23.4 Å². The molecule has 0 aliphatic heterocycles. The van der Waals surface area contributed by atoms with E-state index in [-0.39, 0.29) is 0 Å². The lowest BCUT2D eigenvalue weighted by Crippen LogP contribution is -1.85. The lowest BCUT2D eigenvalue weighted by Gasteiger charge is -1.97. The number of halogens is 1. The molecule has 1 aromatic carbocycles. The third kappa shape index (κ3) is 3.47. The minimum atomic E-state index is 0.579. The average molecular weight is 198 g/mol. The van der Waals surface area contributed by atoms with Crippen LogP contribution in [-0.2, 0) is 4.84 Å². The molecule has 0 saturated carbocycles. The van der Waals surface area contributed by atoms with Gasteiger partial charge in [-0.3, -0.25) is 0 Å². The average Bonchev–Trinajstić information content (AvgIpc) is 2.03. The van der Waals surface area contributed by atoms with Crippen molar-refractivity contribution in [2.24, 2.45) is 5.16 Å². The van der Waals surface area contributed by atoms with Crippen molar-refractivity contribution in [2.75, 3.05) is 6.61 Å². The smallest absolute Gasteiger partial charge is 0.114 e. The molecule has 0 amide bonds. The summed E-state index contributed by atoms with van der Waals surface area (Å²) in [5.74, 6) is 0. The van der Waals surface area contributed by atoms with E-state index in [1.165, 1.54) is 0 Å². The van der Waals surface area contributed by atoms with Crippen LogP contribution in [0.3, 0.4) is 0 Å². The maximum Gasteiger partial charge on any atom is 0.114 e. The van der Waals surface area contributed by atoms with E-state index in [0.29, 0.717) is 6.61 Å². The number of benzene rings is 1. The van der Waals surface area contributed by atoms with Crippen LogP contribution in [0.5, 0.6) is 0 Å². The fourth-order valence-corrected chi connectivity index (χ4v) is 1.31. The molecule has 70 valence electrons. The van der Waals surface area contributed by atoms with Crippen molar-refractivity contribution in [1.29, 1.82) is 0 Å². The summed E-state index contributed by atoms with van der Waals surface area (Å²) in [5.41, 5.74) is 2.07. The van der Waals surface area contributed by atoms with Crippen molar-refractivity contribution in [3.8, 4) is 0 Å². The molecule has 0 spiro atoms. The molecule has 0 N–H and O–H groups in total. The first-order valence-corrected chi connectivity index (χ1v) is 4.52. The van der Waals surface area contributed by atoms with Crippen molar-refractivity contribution >= 4 is 17.8 Å². The van der Waals surface area contributed by atoms with Gasteiger partial charge in [-0.25, -0.2) is 0 Å². The molecule has 0 radical (unpaired) electrons. The SMILES string of the molecule is CCO/N=C/c1cc(C)cc(Cl)c1. The Morgan fingerprint density at radius 3 is 2.85 bits per heavy atom. The Balaban J connectivity index is 2.77. The van der Waals surface area contributed by atoms with Crippen LogP contribution in [0.4, 0.5) is 0 Å². The summed E-state index contributed by atoms with van der Waals surface area (Å²) >= 11 is 5.86. The molecule has 0 saturated heterocycles. The number of rotatable bonds is 3. The van der Waals surface area contributed by atoms with Gasteiger partial charge in [0.2, 0.25) is 0 Å². The monoisotopic (exact) mass is 197 g/mol. The van der Waals surface area contributed by atoms with Crippen molar-refractivity contribution in [3.63, 3.8) is 0 Å². The molecule has 0 bridgehead atoms. The molecule has 0 atom stereocenters. The van der Waals surface area contributed by atoms with Gasteiger partial charge in [0.05, 0.1) is 6.21 Å². The Bertz CT molecular complexity index is 290. The highest BCUT2D eigenvalue weighted by atomic mass is 35.5. The van der Waals surface area contributed by atoms with Gasteiger partial charge < -0.3 is 4.84 Å². The Kier molecular flexibility index (Phi) is 3.77. The van der Waals surface area contributed by atoms with Gasteiger partial charge in [0.15, 0.2) is 0 Å². The van der Waals surface area contributed by atoms with Crippen LogP contribution in [0.2, 0.25) is 5.02 Å². The van der Waals surface area contributed by atoms with Gasteiger partial charge in [0.25, 0.3) is 0 Å². The summed E-state index contributed by atoms with van der Waals surface area (Å²) < 4.78 is 0. The summed E-state index contributed by atoms with van der Waals surface area (Å²) in [4.78, 5) is 4.84. The highest BCUT2D eigenvalue weighted by Gasteiger charge is 1.93. The molecule has 2 nitrogen and oxygen atoms in total. The number of hydrogen-bond acceptors (Lipinski definition) is 2. The lowest BCUT2D eigenvalue weighted by atomic mass is 10.1. The van der Waals surface area contributed by atoms with Crippen LogP contribution in [0, 0.1) is 6.92 Å². The molecule has 0 fully saturated rings. The third-order valence-corrected chi connectivity index (χ3v) is 1.69. The quantitative estimate of drug-likeness (QED) is 0.539. The van der Waals surface area contributed by atoms with Gasteiger partial charge in [0.1, 0.15) is 6.61 Å². The van der Waals surface area contributed by atoms with E-state index in [2.05, 4.69) is 5.16 Å². The Morgan fingerprint density at radius 2 is 2.23 bits per heavy atom. The summed E-state index contributed by atoms with van der Waals surface area (Å²) in [6, 6.07) is 5.74. The van der Waals surface area contributed by atoms with Crippen molar-refractivity contribution in [3.05, 3.63) is 34.3 Å². The molecule has 0 aliphatic rings. The maximum absolute atomic E-state index is 5.86. The van der Waals surface area contributed by atoms with Crippen molar-refractivity contribution < 1.29 is 4.84 Å². The molecular weight excluding hydrogens is 186 g/mol. The second kappa shape index (κ2) is 4.87. The van der Waals surface area contributed by atoms with Gasteiger partial charge in [-0.05, 0) is 37.1 Å². The largest absolute Gasteiger partial charge is 0.396 e.